The number of methoxy groups -OCH3 is 3. The number of halogens is 1. The van der Waals surface area contributed by atoms with Gasteiger partial charge in [-0.1, -0.05) is 35.9 Å². The molecule has 0 fully saturated rings. The fourth-order valence-corrected chi connectivity index (χ4v) is 4.31. The molecule has 0 unspecified atom stereocenters. The van der Waals surface area contributed by atoms with Crippen molar-refractivity contribution in [3.05, 3.63) is 81.4 Å². The van der Waals surface area contributed by atoms with E-state index >= 15 is 0 Å². The summed E-state index contributed by atoms with van der Waals surface area (Å²) in [7, 11) is 4.58. The highest BCUT2D eigenvalue weighted by atomic mass is 35.5. The summed E-state index contributed by atoms with van der Waals surface area (Å²) in [6, 6.07) is 18.4. The monoisotopic (exact) mass is 495 g/mol. The number of nitrogens with zero attached hydrogens (tertiary/aromatic N) is 3. The first-order chi connectivity index (χ1) is 16.5. The highest BCUT2D eigenvalue weighted by molar-refractivity contribution is 7.07. The number of rotatable bonds is 7. The summed E-state index contributed by atoms with van der Waals surface area (Å²) >= 11 is 7.77. The molecule has 0 aliphatic rings. The zero-order chi connectivity index (χ0) is 24.1. The number of ether oxygens (including phenoxy) is 3. The van der Waals surface area contributed by atoms with Crippen LogP contribution in [0.2, 0.25) is 5.02 Å². The molecule has 4 rings (SSSR count). The second-order valence-corrected chi connectivity index (χ2v) is 8.24. The normalized spacial score (nSPS) is 11.7. The predicted molar refractivity (Wildman–Crippen MR) is 135 cm³/mol. The Morgan fingerprint density at radius 3 is 2.24 bits per heavy atom. The van der Waals surface area contributed by atoms with Crippen LogP contribution in [0.15, 0.2) is 76.1 Å². The predicted octanol–water partition coefficient (Wildman–Crippen LogP) is 5.72. The molecule has 1 N–H and O–H groups in total. The average Bonchev–Trinajstić information content (AvgIpc) is 3.26. The van der Waals surface area contributed by atoms with E-state index in [0.717, 1.165) is 11.3 Å². The van der Waals surface area contributed by atoms with Gasteiger partial charge in [-0.05, 0) is 36.4 Å². The number of phenolic OH excluding ortho intramolecular Hbond substituents is 1. The molecule has 174 valence electrons. The summed E-state index contributed by atoms with van der Waals surface area (Å²) in [5.74, 6) is 1.19. The minimum Gasteiger partial charge on any atom is -0.502 e. The molecule has 3 aromatic carbocycles. The average molecular weight is 496 g/mol. The quantitative estimate of drug-likeness (QED) is 0.333. The van der Waals surface area contributed by atoms with E-state index in [-0.39, 0.29) is 17.2 Å². The van der Waals surface area contributed by atoms with Crippen LogP contribution < -0.4 is 19.0 Å². The number of hydrogen-bond acceptors (Lipinski definition) is 7. The smallest absolute Gasteiger partial charge is 0.211 e. The van der Waals surface area contributed by atoms with E-state index in [2.05, 4.69) is 0 Å². The van der Waals surface area contributed by atoms with Crippen LogP contribution in [0.3, 0.4) is 0 Å². The van der Waals surface area contributed by atoms with E-state index in [1.54, 1.807) is 36.2 Å². The van der Waals surface area contributed by atoms with E-state index < -0.39 is 0 Å². The third-order valence-electron chi connectivity index (χ3n) is 4.96. The number of benzene rings is 3. The number of hydrogen-bond donors (Lipinski definition) is 1. The standard InChI is InChI=1S/C25H22ClN3O4S/c1-31-21-11-7-4-8-17(21)20-15-34-25(28-19-10-6-5-9-18(19)26)29(20)27-14-16-12-22(32-2)24(30)23(13-16)33-3/h4-15,30H,1-3H3/b27-14+,28-25?. The van der Waals surface area contributed by atoms with Crippen LogP contribution in [0, 0.1) is 0 Å². The first-order valence-electron chi connectivity index (χ1n) is 10.2. The Kier molecular flexibility index (Phi) is 7.20. The lowest BCUT2D eigenvalue weighted by molar-refractivity contribution is 0.340. The zero-order valence-corrected chi connectivity index (χ0v) is 20.3. The van der Waals surface area contributed by atoms with Crippen LogP contribution in [0.1, 0.15) is 5.56 Å². The van der Waals surface area contributed by atoms with E-state index in [4.69, 9.17) is 35.9 Å². The van der Waals surface area contributed by atoms with Crippen molar-refractivity contribution in [2.75, 3.05) is 21.3 Å². The van der Waals surface area contributed by atoms with Gasteiger partial charge < -0.3 is 19.3 Å². The molecular weight excluding hydrogens is 474 g/mol. The number of aromatic hydroxyl groups is 1. The minimum atomic E-state index is -0.0746. The van der Waals surface area contributed by atoms with E-state index in [9.17, 15) is 5.11 Å². The molecular formula is C25H22ClN3O4S. The van der Waals surface area contributed by atoms with Gasteiger partial charge >= 0.3 is 0 Å². The van der Waals surface area contributed by atoms with Crippen LogP contribution in [0.4, 0.5) is 5.69 Å². The number of phenols is 1. The lowest BCUT2D eigenvalue weighted by atomic mass is 10.1. The third-order valence-corrected chi connectivity index (χ3v) is 6.10. The maximum Gasteiger partial charge on any atom is 0.211 e. The number of para-hydroxylation sites is 2. The van der Waals surface area contributed by atoms with Gasteiger partial charge in [0.25, 0.3) is 0 Å². The fourth-order valence-electron chi connectivity index (χ4n) is 3.29. The Bertz CT molecular complexity index is 1390. The SMILES string of the molecule is COc1ccccc1-c1csc(=Nc2ccccc2Cl)n1/N=C/c1cc(OC)c(O)c(OC)c1. The summed E-state index contributed by atoms with van der Waals surface area (Å²) in [5.41, 5.74) is 2.96. The van der Waals surface area contributed by atoms with Crippen LogP contribution in [0.25, 0.3) is 11.3 Å². The van der Waals surface area contributed by atoms with Crippen molar-refractivity contribution >= 4 is 34.8 Å². The maximum atomic E-state index is 10.2. The molecule has 1 heterocycles. The highest BCUT2D eigenvalue weighted by Gasteiger charge is 2.14. The maximum absolute atomic E-state index is 10.2. The molecule has 0 bridgehead atoms. The summed E-state index contributed by atoms with van der Waals surface area (Å²) in [6.07, 6.45) is 1.64. The Morgan fingerprint density at radius 1 is 0.912 bits per heavy atom. The van der Waals surface area contributed by atoms with Gasteiger partial charge in [0.05, 0.1) is 43.9 Å². The first-order valence-corrected chi connectivity index (χ1v) is 11.4. The molecule has 7 nitrogen and oxygen atoms in total. The van der Waals surface area contributed by atoms with E-state index in [1.807, 2.05) is 47.8 Å². The van der Waals surface area contributed by atoms with Crippen molar-refractivity contribution in [3.8, 4) is 34.3 Å². The molecule has 0 saturated heterocycles. The minimum absolute atomic E-state index is 0.0746. The number of thiazole rings is 1. The van der Waals surface area contributed by atoms with Crippen LogP contribution in [-0.2, 0) is 0 Å². The largest absolute Gasteiger partial charge is 0.502 e. The highest BCUT2D eigenvalue weighted by Crippen LogP contribution is 2.37. The summed E-state index contributed by atoms with van der Waals surface area (Å²) < 4.78 is 17.8. The second kappa shape index (κ2) is 10.5. The summed E-state index contributed by atoms with van der Waals surface area (Å²) in [5, 5.41) is 17.4. The first kappa shape index (κ1) is 23.4. The lowest BCUT2D eigenvalue weighted by Gasteiger charge is -2.10. The van der Waals surface area contributed by atoms with Crippen LogP contribution >= 0.6 is 22.9 Å². The van der Waals surface area contributed by atoms with E-state index in [0.29, 0.717) is 26.8 Å². The Morgan fingerprint density at radius 2 is 1.56 bits per heavy atom. The fraction of sp³-hybridized carbons (Fsp3) is 0.120. The topological polar surface area (TPSA) is 77.6 Å². The van der Waals surface area contributed by atoms with Gasteiger partial charge in [0.2, 0.25) is 10.6 Å². The molecule has 1 aromatic heterocycles. The van der Waals surface area contributed by atoms with Gasteiger partial charge in [0.15, 0.2) is 11.5 Å². The third kappa shape index (κ3) is 4.78. The van der Waals surface area contributed by atoms with Crippen molar-refractivity contribution in [3.63, 3.8) is 0 Å². The van der Waals surface area contributed by atoms with Gasteiger partial charge in [-0.25, -0.2) is 9.67 Å². The van der Waals surface area contributed by atoms with Gasteiger partial charge in [-0.2, -0.15) is 5.10 Å². The Hall–Kier alpha value is -3.75. The van der Waals surface area contributed by atoms with Crippen molar-refractivity contribution in [1.82, 2.24) is 4.68 Å². The molecule has 9 heteroatoms. The lowest BCUT2D eigenvalue weighted by Crippen LogP contribution is -2.12. The molecule has 0 saturated carbocycles. The molecule has 0 aliphatic heterocycles. The summed E-state index contributed by atoms with van der Waals surface area (Å²) in [6.45, 7) is 0. The molecule has 0 amide bonds. The zero-order valence-electron chi connectivity index (χ0n) is 18.7. The van der Waals surface area contributed by atoms with Gasteiger partial charge in [0, 0.05) is 16.5 Å². The van der Waals surface area contributed by atoms with Crippen molar-refractivity contribution in [2.45, 2.75) is 0 Å². The Balaban J connectivity index is 1.90. The van der Waals surface area contributed by atoms with E-state index in [1.165, 1.54) is 25.6 Å². The molecule has 0 spiro atoms. The van der Waals surface area contributed by atoms with Crippen LogP contribution in [-0.4, -0.2) is 37.3 Å². The van der Waals surface area contributed by atoms with Crippen molar-refractivity contribution in [1.29, 1.82) is 0 Å². The van der Waals surface area contributed by atoms with Gasteiger partial charge in [-0.3, -0.25) is 0 Å². The second-order valence-electron chi connectivity index (χ2n) is 7.00. The summed E-state index contributed by atoms with van der Waals surface area (Å²) in [4.78, 5) is 5.36. The Labute approximate surface area is 205 Å². The molecule has 0 aliphatic carbocycles. The van der Waals surface area contributed by atoms with Crippen molar-refractivity contribution in [2.24, 2.45) is 10.1 Å². The number of aromatic nitrogens is 1. The van der Waals surface area contributed by atoms with Gasteiger partial charge in [-0.15, -0.1) is 11.3 Å². The molecule has 0 radical (unpaired) electrons. The van der Waals surface area contributed by atoms with Crippen LogP contribution in [0.5, 0.6) is 23.0 Å². The van der Waals surface area contributed by atoms with Gasteiger partial charge in [0.1, 0.15) is 5.75 Å². The molecule has 4 aromatic rings. The molecule has 34 heavy (non-hydrogen) atoms. The van der Waals surface area contributed by atoms with Crippen molar-refractivity contribution < 1.29 is 19.3 Å². The molecule has 0 atom stereocenters.